The zero-order valence-corrected chi connectivity index (χ0v) is 21.2. The number of fused-ring (bicyclic) bond motifs is 4. The van der Waals surface area contributed by atoms with E-state index in [2.05, 4.69) is 31.2 Å². The number of aryl methyl sites for hydroxylation is 2. The lowest BCUT2D eigenvalue weighted by Gasteiger charge is -2.26. The van der Waals surface area contributed by atoms with E-state index in [4.69, 9.17) is 29.6 Å². The summed E-state index contributed by atoms with van der Waals surface area (Å²) < 4.78 is 15.5. The molecular weight excluding hydrogens is 476 g/mol. The van der Waals surface area contributed by atoms with Crippen LogP contribution >= 0.6 is 0 Å². The maximum Gasteiger partial charge on any atom is 0.230 e. The number of para-hydroxylation sites is 1. The van der Waals surface area contributed by atoms with Crippen molar-refractivity contribution in [1.29, 1.82) is 0 Å². The van der Waals surface area contributed by atoms with E-state index in [9.17, 15) is 0 Å². The molecule has 1 aliphatic heterocycles. The van der Waals surface area contributed by atoms with Crippen LogP contribution in [0.5, 0.6) is 17.5 Å². The van der Waals surface area contributed by atoms with Crippen molar-refractivity contribution in [3.05, 3.63) is 113 Å². The summed E-state index contributed by atoms with van der Waals surface area (Å²) in [5, 5.41) is 9.66. The molecule has 0 unspecified atom stereocenters. The first-order valence-electron chi connectivity index (χ1n) is 12.4. The maximum absolute atomic E-state index is 6.51. The lowest BCUT2D eigenvalue weighted by atomic mass is 9.84. The van der Waals surface area contributed by atoms with Crippen LogP contribution in [0.1, 0.15) is 33.9 Å². The Hall–Kier alpha value is -4.98. The topological polar surface area (TPSA) is 79.4 Å². The zero-order valence-electron chi connectivity index (χ0n) is 21.2. The van der Waals surface area contributed by atoms with Gasteiger partial charge in [0.25, 0.3) is 0 Å². The minimum absolute atomic E-state index is 0.220. The van der Waals surface area contributed by atoms with Gasteiger partial charge in [0, 0.05) is 5.56 Å². The summed E-state index contributed by atoms with van der Waals surface area (Å²) in [5.41, 5.74) is 7.47. The Kier molecular flexibility index (Phi) is 5.00. The second-order valence-corrected chi connectivity index (χ2v) is 9.40. The molecule has 3 aromatic carbocycles. The van der Waals surface area contributed by atoms with E-state index in [-0.39, 0.29) is 5.92 Å². The van der Waals surface area contributed by atoms with Gasteiger partial charge in [-0.2, -0.15) is 5.10 Å². The number of hydrogen-bond donors (Lipinski definition) is 0. The molecule has 0 fully saturated rings. The largest absolute Gasteiger partial charge is 0.497 e. The van der Waals surface area contributed by atoms with E-state index >= 15 is 0 Å². The first-order chi connectivity index (χ1) is 18.6. The van der Waals surface area contributed by atoms with Crippen LogP contribution in [0, 0.1) is 13.8 Å². The van der Waals surface area contributed by atoms with Crippen molar-refractivity contribution in [1.82, 2.24) is 29.4 Å². The van der Waals surface area contributed by atoms with Crippen LogP contribution in [0.15, 0.2) is 85.2 Å². The Morgan fingerprint density at radius 1 is 0.868 bits per heavy atom. The maximum atomic E-state index is 6.51. The Morgan fingerprint density at radius 2 is 1.68 bits per heavy atom. The molecule has 1 atom stereocenters. The number of hydrogen-bond acceptors (Lipinski definition) is 6. The number of ether oxygens (including phenoxy) is 2. The van der Waals surface area contributed by atoms with Crippen LogP contribution in [0.25, 0.3) is 22.7 Å². The molecule has 0 saturated carbocycles. The van der Waals surface area contributed by atoms with Gasteiger partial charge in [-0.05, 0) is 49.7 Å². The number of nitrogens with zero attached hydrogens (tertiary/aromatic N) is 6. The molecule has 1 aliphatic rings. The standard InChI is InChI=1S/C30H24N6O2/c1-18-8-7-9-21(16-18)27-32-28-26-25(20-12-14-23(37-3)15-13-20)24-19(2)33-36(22-10-5-4-6-11-22)30(24)38-29(26)31-17-35(28)34-27/h4-17,25H,1-3H3/t25-/m1/s1. The third-order valence-electron chi connectivity index (χ3n) is 6.95. The molecule has 38 heavy (non-hydrogen) atoms. The molecule has 6 aromatic rings. The summed E-state index contributed by atoms with van der Waals surface area (Å²) in [6.07, 6.45) is 1.66. The van der Waals surface area contributed by atoms with Crippen LogP contribution < -0.4 is 9.47 Å². The van der Waals surface area contributed by atoms with E-state index in [0.717, 1.165) is 44.9 Å². The highest BCUT2D eigenvalue weighted by atomic mass is 16.5. The normalized spacial score (nSPS) is 14.1. The van der Waals surface area contributed by atoms with Crippen molar-refractivity contribution in [2.45, 2.75) is 19.8 Å². The summed E-state index contributed by atoms with van der Waals surface area (Å²) in [5.74, 6) is 2.35. The lowest BCUT2D eigenvalue weighted by molar-refractivity contribution is 0.402. The summed E-state index contributed by atoms with van der Waals surface area (Å²) in [6.45, 7) is 4.07. The van der Waals surface area contributed by atoms with E-state index in [1.165, 1.54) is 0 Å². The molecule has 0 radical (unpaired) electrons. The first-order valence-corrected chi connectivity index (χ1v) is 12.4. The molecule has 0 aliphatic carbocycles. The third-order valence-corrected chi connectivity index (χ3v) is 6.95. The molecule has 3 aromatic heterocycles. The first kappa shape index (κ1) is 22.2. The number of methoxy groups -OCH3 is 1. The number of aromatic nitrogens is 6. The highest BCUT2D eigenvalue weighted by molar-refractivity contribution is 5.69. The van der Waals surface area contributed by atoms with Crippen molar-refractivity contribution >= 4 is 5.65 Å². The number of rotatable bonds is 4. The molecule has 8 nitrogen and oxygen atoms in total. The second kappa shape index (κ2) is 8.55. The van der Waals surface area contributed by atoms with Gasteiger partial charge in [0.2, 0.25) is 11.8 Å². The van der Waals surface area contributed by atoms with Crippen LogP contribution in [0.3, 0.4) is 0 Å². The fraction of sp³-hybridized carbons (Fsp3) is 0.133. The molecule has 186 valence electrons. The molecule has 0 amide bonds. The predicted molar refractivity (Wildman–Crippen MR) is 143 cm³/mol. The van der Waals surface area contributed by atoms with Crippen molar-refractivity contribution < 1.29 is 9.47 Å². The molecule has 7 rings (SSSR count). The van der Waals surface area contributed by atoms with Crippen molar-refractivity contribution in [2.75, 3.05) is 7.11 Å². The monoisotopic (exact) mass is 500 g/mol. The minimum Gasteiger partial charge on any atom is -0.497 e. The highest BCUT2D eigenvalue weighted by Gasteiger charge is 2.38. The van der Waals surface area contributed by atoms with E-state index in [1.54, 1.807) is 18.0 Å². The molecule has 4 heterocycles. The average Bonchev–Trinajstić information content (AvgIpc) is 3.54. The van der Waals surface area contributed by atoms with Crippen molar-refractivity contribution in [2.24, 2.45) is 0 Å². The fourth-order valence-corrected chi connectivity index (χ4v) is 5.16. The van der Waals surface area contributed by atoms with Gasteiger partial charge < -0.3 is 9.47 Å². The summed E-state index contributed by atoms with van der Waals surface area (Å²) in [7, 11) is 1.67. The highest BCUT2D eigenvalue weighted by Crippen LogP contribution is 2.49. The van der Waals surface area contributed by atoms with Gasteiger partial charge in [-0.3, -0.25) is 0 Å². The Labute approximate surface area is 219 Å². The lowest BCUT2D eigenvalue weighted by Crippen LogP contribution is -2.16. The van der Waals surface area contributed by atoms with E-state index in [1.807, 2.05) is 66.2 Å². The van der Waals surface area contributed by atoms with Crippen LogP contribution in [0.4, 0.5) is 0 Å². The van der Waals surface area contributed by atoms with Crippen molar-refractivity contribution in [3.8, 4) is 34.6 Å². The van der Waals surface area contributed by atoms with Gasteiger partial charge in [0.1, 0.15) is 12.1 Å². The Morgan fingerprint density at radius 3 is 2.45 bits per heavy atom. The van der Waals surface area contributed by atoms with Gasteiger partial charge in [0.15, 0.2) is 11.5 Å². The van der Waals surface area contributed by atoms with Crippen molar-refractivity contribution in [3.63, 3.8) is 0 Å². The SMILES string of the molecule is COc1ccc([C@@H]2c3c(C)nn(-c4ccccc4)c3Oc3ncn4nc(-c5cccc(C)c5)nc4c32)cc1. The van der Waals surface area contributed by atoms with Gasteiger partial charge >= 0.3 is 0 Å². The molecule has 0 bridgehead atoms. The quantitative estimate of drug-likeness (QED) is 0.300. The summed E-state index contributed by atoms with van der Waals surface area (Å²) >= 11 is 0. The molecule has 0 saturated heterocycles. The zero-order chi connectivity index (χ0) is 25.8. The van der Waals surface area contributed by atoms with Gasteiger partial charge in [-0.15, -0.1) is 5.10 Å². The average molecular weight is 501 g/mol. The predicted octanol–water partition coefficient (Wildman–Crippen LogP) is 5.89. The molecule has 0 N–H and O–H groups in total. The van der Waals surface area contributed by atoms with Crippen LogP contribution in [0.2, 0.25) is 0 Å². The summed E-state index contributed by atoms with van der Waals surface area (Å²) in [6, 6.07) is 26.2. The number of benzene rings is 3. The third kappa shape index (κ3) is 3.45. The van der Waals surface area contributed by atoms with Crippen LogP contribution in [-0.2, 0) is 0 Å². The van der Waals surface area contributed by atoms with Gasteiger partial charge in [-0.25, -0.2) is 19.2 Å². The van der Waals surface area contributed by atoms with Crippen LogP contribution in [-0.4, -0.2) is 36.5 Å². The Balaban J connectivity index is 1.48. The molecule has 0 spiro atoms. The van der Waals surface area contributed by atoms with Gasteiger partial charge in [0.05, 0.1) is 35.5 Å². The smallest absolute Gasteiger partial charge is 0.230 e. The molecular formula is C30H24N6O2. The molecule has 8 heteroatoms. The fourth-order valence-electron chi connectivity index (χ4n) is 5.16. The second-order valence-electron chi connectivity index (χ2n) is 9.40. The Bertz CT molecular complexity index is 1800. The van der Waals surface area contributed by atoms with E-state index < -0.39 is 0 Å². The van der Waals surface area contributed by atoms with Gasteiger partial charge in [-0.1, -0.05) is 54.1 Å². The van der Waals surface area contributed by atoms with E-state index in [0.29, 0.717) is 23.2 Å². The minimum atomic E-state index is -0.220. The summed E-state index contributed by atoms with van der Waals surface area (Å²) in [4.78, 5) is 9.69.